The molecule has 2 aromatic carbocycles. The first-order chi connectivity index (χ1) is 13.1. The van der Waals surface area contributed by atoms with Gasteiger partial charge in [0.1, 0.15) is 5.75 Å². The number of nitrogens with zero attached hydrogens (tertiary/aromatic N) is 3. The zero-order valence-corrected chi connectivity index (χ0v) is 17.3. The lowest BCUT2D eigenvalue weighted by Crippen LogP contribution is -2.12. The van der Waals surface area contributed by atoms with Crippen LogP contribution in [0.15, 0.2) is 53.7 Å². The normalized spacial score (nSPS) is 12.1. The Kier molecular flexibility index (Phi) is 6.56. The van der Waals surface area contributed by atoms with Gasteiger partial charge in [-0.15, -0.1) is 10.2 Å². The largest absolute Gasteiger partial charge is 0.483 e. The molecule has 0 fully saturated rings. The number of hydrogen-bond donors (Lipinski definition) is 0. The van der Waals surface area contributed by atoms with Crippen molar-refractivity contribution >= 4 is 11.8 Å². The smallest absolute Gasteiger partial charge is 0.191 e. The monoisotopic (exact) mass is 381 g/mol. The highest BCUT2D eigenvalue weighted by Crippen LogP contribution is 2.26. The molecule has 0 spiro atoms. The molecule has 0 unspecified atom stereocenters. The van der Waals surface area contributed by atoms with Gasteiger partial charge in [0.2, 0.25) is 0 Å². The minimum atomic E-state index is -0.154. The Balaban J connectivity index is 1.69. The van der Waals surface area contributed by atoms with Crippen molar-refractivity contribution in [3.8, 4) is 5.75 Å². The number of rotatable bonds is 8. The predicted molar refractivity (Wildman–Crippen MR) is 111 cm³/mol. The van der Waals surface area contributed by atoms with E-state index in [0.29, 0.717) is 0 Å². The number of aryl methyl sites for hydroxylation is 2. The van der Waals surface area contributed by atoms with Crippen LogP contribution in [0.5, 0.6) is 5.75 Å². The van der Waals surface area contributed by atoms with E-state index in [-0.39, 0.29) is 6.10 Å². The Bertz CT molecular complexity index is 856. The molecule has 3 aromatic rings. The summed E-state index contributed by atoms with van der Waals surface area (Å²) < 4.78 is 8.24. The Labute approximate surface area is 166 Å². The van der Waals surface area contributed by atoms with Gasteiger partial charge in [0.15, 0.2) is 17.1 Å². The first-order valence-electron chi connectivity index (χ1n) is 9.47. The van der Waals surface area contributed by atoms with E-state index in [0.717, 1.165) is 35.4 Å². The van der Waals surface area contributed by atoms with Crippen LogP contribution in [0.3, 0.4) is 0 Å². The molecule has 142 valence electrons. The quantitative estimate of drug-likeness (QED) is 0.476. The molecular formula is C22H27N3OS. The highest BCUT2D eigenvalue weighted by Gasteiger charge is 2.18. The molecule has 0 aliphatic carbocycles. The van der Waals surface area contributed by atoms with Gasteiger partial charge in [0.25, 0.3) is 0 Å². The van der Waals surface area contributed by atoms with Crippen LogP contribution in [0.25, 0.3) is 0 Å². The maximum atomic E-state index is 6.10. The molecule has 0 amide bonds. The van der Waals surface area contributed by atoms with Gasteiger partial charge in [0.05, 0.1) is 0 Å². The lowest BCUT2D eigenvalue weighted by Gasteiger charge is -2.16. The first kappa shape index (κ1) is 19.5. The molecule has 5 heteroatoms. The minimum Gasteiger partial charge on any atom is -0.483 e. The van der Waals surface area contributed by atoms with Gasteiger partial charge in [0, 0.05) is 12.3 Å². The van der Waals surface area contributed by atoms with Crippen LogP contribution in [0.2, 0.25) is 0 Å². The summed E-state index contributed by atoms with van der Waals surface area (Å²) >= 11 is 1.71. The summed E-state index contributed by atoms with van der Waals surface area (Å²) in [5.41, 5.74) is 3.88. The molecule has 0 aliphatic heterocycles. The number of benzene rings is 2. The number of aromatic nitrogens is 3. The number of hydrogen-bond acceptors (Lipinski definition) is 4. The molecule has 1 heterocycles. The molecule has 0 saturated heterocycles. The Hall–Kier alpha value is -2.27. The standard InChI is InChI=1S/C22H27N3OS/c1-5-18-11-13-20(14-12-18)26-17(4)21-23-24-22(25(21)6-2)27-15-19-9-7-16(3)8-10-19/h7-14,17H,5-6,15H2,1-4H3/t17-/m0/s1. The lowest BCUT2D eigenvalue weighted by atomic mass is 10.2. The van der Waals surface area contributed by atoms with E-state index in [4.69, 9.17) is 4.74 Å². The van der Waals surface area contributed by atoms with Crippen LogP contribution in [0.4, 0.5) is 0 Å². The predicted octanol–water partition coefficient (Wildman–Crippen LogP) is 5.60. The second kappa shape index (κ2) is 9.09. The lowest BCUT2D eigenvalue weighted by molar-refractivity contribution is 0.210. The van der Waals surface area contributed by atoms with Gasteiger partial charge in [-0.3, -0.25) is 0 Å². The van der Waals surface area contributed by atoms with Gasteiger partial charge < -0.3 is 9.30 Å². The van der Waals surface area contributed by atoms with Crippen molar-refractivity contribution in [2.75, 3.05) is 0 Å². The Morgan fingerprint density at radius 1 is 0.963 bits per heavy atom. The molecular weight excluding hydrogens is 354 g/mol. The molecule has 0 bridgehead atoms. The van der Waals surface area contributed by atoms with Crippen molar-refractivity contribution < 1.29 is 4.74 Å². The van der Waals surface area contributed by atoms with Crippen molar-refractivity contribution in [3.63, 3.8) is 0 Å². The summed E-state index contributed by atoms with van der Waals surface area (Å²) in [5.74, 6) is 2.61. The second-order valence-corrected chi connectivity index (χ2v) is 7.56. The van der Waals surface area contributed by atoms with Crippen LogP contribution in [0.1, 0.15) is 49.4 Å². The summed E-state index contributed by atoms with van der Waals surface area (Å²) in [6.07, 6.45) is 0.875. The molecule has 27 heavy (non-hydrogen) atoms. The third-order valence-corrected chi connectivity index (χ3v) is 5.60. The molecule has 0 N–H and O–H groups in total. The Morgan fingerprint density at radius 2 is 1.63 bits per heavy atom. The minimum absolute atomic E-state index is 0.154. The zero-order valence-electron chi connectivity index (χ0n) is 16.5. The SMILES string of the molecule is CCc1ccc(O[C@@H](C)c2nnc(SCc3ccc(C)cc3)n2CC)cc1. The first-order valence-corrected chi connectivity index (χ1v) is 10.5. The summed E-state index contributed by atoms with van der Waals surface area (Å²) in [6, 6.07) is 16.9. The van der Waals surface area contributed by atoms with Crippen molar-refractivity contribution in [2.45, 2.75) is 57.7 Å². The molecule has 1 aromatic heterocycles. The Morgan fingerprint density at radius 3 is 2.26 bits per heavy atom. The van der Waals surface area contributed by atoms with E-state index in [1.807, 2.05) is 19.1 Å². The van der Waals surface area contributed by atoms with Crippen molar-refractivity contribution in [1.82, 2.24) is 14.8 Å². The van der Waals surface area contributed by atoms with Crippen LogP contribution >= 0.6 is 11.8 Å². The number of thioether (sulfide) groups is 1. The highest BCUT2D eigenvalue weighted by atomic mass is 32.2. The van der Waals surface area contributed by atoms with Crippen LogP contribution < -0.4 is 4.74 Å². The van der Waals surface area contributed by atoms with E-state index >= 15 is 0 Å². The fraction of sp³-hybridized carbons (Fsp3) is 0.364. The van der Waals surface area contributed by atoms with Crippen molar-refractivity contribution in [3.05, 3.63) is 71.0 Å². The average molecular weight is 382 g/mol. The highest BCUT2D eigenvalue weighted by molar-refractivity contribution is 7.98. The molecule has 3 rings (SSSR count). The maximum absolute atomic E-state index is 6.10. The molecule has 0 radical (unpaired) electrons. The van der Waals surface area contributed by atoms with Crippen LogP contribution in [0, 0.1) is 6.92 Å². The van der Waals surface area contributed by atoms with Gasteiger partial charge in [-0.2, -0.15) is 0 Å². The van der Waals surface area contributed by atoms with E-state index in [2.05, 4.69) is 71.9 Å². The van der Waals surface area contributed by atoms with Gasteiger partial charge in [-0.1, -0.05) is 60.6 Å². The second-order valence-electron chi connectivity index (χ2n) is 6.62. The molecule has 0 saturated carbocycles. The van der Waals surface area contributed by atoms with Crippen LogP contribution in [-0.2, 0) is 18.7 Å². The fourth-order valence-corrected chi connectivity index (χ4v) is 3.86. The maximum Gasteiger partial charge on any atom is 0.191 e. The third kappa shape index (κ3) is 4.92. The summed E-state index contributed by atoms with van der Waals surface area (Å²) in [7, 11) is 0. The third-order valence-electron chi connectivity index (χ3n) is 4.56. The molecule has 1 atom stereocenters. The van der Waals surface area contributed by atoms with E-state index in [9.17, 15) is 0 Å². The number of ether oxygens (including phenoxy) is 1. The zero-order chi connectivity index (χ0) is 19.2. The van der Waals surface area contributed by atoms with E-state index < -0.39 is 0 Å². The van der Waals surface area contributed by atoms with Gasteiger partial charge in [-0.25, -0.2) is 0 Å². The van der Waals surface area contributed by atoms with Crippen LogP contribution in [-0.4, -0.2) is 14.8 Å². The molecule has 0 aliphatic rings. The average Bonchev–Trinajstić information content (AvgIpc) is 3.11. The van der Waals surface area contributed by atoms with E-state index in [1.165, 1.54) is 16.7 Å². The molecule has 4 nitrogen and oxygen atoms in total. The van der Waals surface area contributed by atoms with Gasteiger partial charge >= 0.3 is 0 Å². The topological polar surface area (TPSA) is 39.9 Å². The summed E-state index contributed by atoms with van der Waals surface area (Å²) in [5, 5.41) is 9.75. The van der Waals surface area contributed by atoms with Crippen molar-refractivity contribution in [1.29, 1.82) is 0 Å². The summed E-state index contributed by atoms with van der Waals surface area (Å²) in [4.78, 5) is 0. The van der Waals surface area contributed by atoms with Gasteiger partial charge in [-0.05, 0) is 50.5 Å². The van der Waals surface area contributed by atoms with Crippen molar-refractivity contribution in [2.24, 2.45) is 0 Å². The van der Waals surface area contributed by atoms with E-state index in [1.54, 1.807) is 11.8 Å². The summed E-state index contributed by atoms with van der Waals surface area (Å²) in [6.45, 7) is 9.22. The fourth-order valence-electron chi connectivity index (χ4n) is 2.90.